The summed E-state index contributed by atoms with van der Waals surface area (Å²) >= 11 is 0. The number of hydrogen-bond donors (Lipinski definition) is 1. The van der Waals surface area contributed by atoms with Crippen LogP contribution < -0.4 is 0 Å². The predicted octanol–water partition coefficient (Wildman–Crippen LogP) is 2.55. The quantitative estimate of drug-likeness (QED) is 0.909. The lowest BCUT2D eigenvalue weighted by Crippen LogP contribution is -2.44. The first-order valence-corrected chi connectivity index (χ1v) is 6.77. The standard InChI is InChI=1S/C15H20FNO2/c1-11(9-12-4-6-14(16)7-5-12)17-8-2-3-13(10-17)15(18)19/h4-7,11,13H,2-3,8-10H2,1H3,(H,18,19). The van der Waals surface area contributed by atoms with Gasteiger partial charge in [0.25, 0.3) is 0 Å². The number of carboxylic acids is 1. The van der Waals surface area contributed by atoms with Crippen molar-refractivity contribution in [3.63, 3.8) is 0 Å². The molecule has 1 heterocycles. The molecule has 0 bridgehead atoms. The van der Waals surface area contributed by atoms with Crippen molar-refractivity contribution in [3.05, 3.63) is 35.6 Å². The Hall–Kier alpha value is -1.42. The van der Waals surface area contributed by atoms with Crippen molar-refractivity contribution in [3.8, 4) is 0 Å². The summed E-state index contributed by atoms with van der Waals surface area (Å²) in [4.78, 5) is 13.3. The van der Waals surface area contributed by atoms with Crippen LogP contribution in [0.5, 0.6) is 0 Å². The maximum Gasteiger partial charge on any atom is 0.307 e. The van der Waals surface area contributed by atoms with E-state index in [0.717, 1.165) is 31.4 Å². The fourth-order valence-corrected chi connectivity index (χ4v) is 2.70. The number of benzene rings is 1. The number of hydrogen-bond acceptors (Lipinski definition) is 2. The minimum absolute atomic E-state index is 0.222. The second-order valence-corrected chi connectivity index (χ2v) is 5.35. The number of carboxylic acid groups (broad SMARTS) is 1. The lowest BCUT2D eigenvalue weighted by atomic mass is 9.95. The number of rotatable bonds is 4. The summed E-state index contributed by atoms with van der Waals surface area (Å²) in [5.74, 6) is -1.16. The van der Waals surface area contributed by atoms with Gasteiger partial charge < -0.3 is 5.11 Å². The van der Waals surface area contributed by atoms with Crippen LogP contribution in [0.25, 0.3) is 0 Å². The van der Waals surface area contributed by atoms with Crippen molar-refractivity contribution in [2.45, 2.75) is 32.2 Å². The van der Waals surface area contributed by atoms with Gasteiger partial charge in [0, 0.05) is 12.6 Å². The van der Waals surface area contributed by atoms with Crippen molar-refractivity contribution in [2.24, 2.45) is 5.92 Å². The summed E-state index contributed by atoms with van der Waals surface area (Å²) in [6.45, 7) is 3.68. The van der Waals surface area contributed by atoms with Crippen LogP contribution in [0.2, 0.25) is 0 Å². The predicted molar refractivity (Wildman–Crippen MR) is 71.5 cm³/mol. The minimum atomic E-state index is -0.696. The van der Waals surface area contributed by atoms with Gasteiger partial charge in [0.15, 0.2) is 0 Å². The molecular formula is C15H20FNO2. The second kappa shape index (κ2) is 6.15. The highest BCUT2D eigenvalue weighted by Crippen LogP contribution is 2.20. The normalized spacial score (nSPS) is 22.1. The summed E-state index contributed by atoms with van der Waals surface area (Å²) < 4.78 is 12.8. The highest BCUT2D eigenvalue weighted by Gasteiger charge is 2.27. The molecule has 1 aromatic carbocycles. The highest BCUT2D eigenvalue weighted by molar-refractivity contribution is 5.70. The van der Waals surface area contributed by atoms with Crippen molar-refractivity contribution in [1.29, 1.82) is 0 Å². The molecule has 1 aromatic rings. The van der Waals surface area contributed by atoms with E-state index in [1.807, 2.05) is 0 Å². The summed E-state index contributed by atoms with van der Waals surface area (Å²) in [5.41, 5.74) is 1.09. The van der Waals surface area contributed by atoms with E-state index in [1.54, 1.807) is 12.1 Å². The third-order valence-corrected chi connectivity index (χ3v) is 3.87. The molecular weight excluding hydrogens is 245 g/mol. The fourth-order valence-electron chi connectivity index (χ4n) is 2.70. The van der Waals surface area contributed by atoms with E-state index in [2.05, 4.69) is 11.8 Å². The Morgan fingerprint density at radius 2 is 2.16 bits per heavy atom. The molecule has 1 aliphatic heterocycles. The Morgan fingerprint density at radius 3 is 2.79 bits per heavy atom. The maximum atomic E-state index is 12.8. The third-order valence-electron chi connectivity index (χ3n) is 3.87. The van der Waals surface area contributed by atoms with Gasteiger partial charge in [-0.2, -0.15) is 0 Å². The Labute approximate surface area is 113 Å². The van der Waals surface area contributed by atoms with E-state index < -0.39 is 5.97 Å². The first-order chi connectivity index (χ1) is 9.06. The van der Waals surface area contributed by atoms with Gasteiger partial charge in [-0.1, -0.05) is 12.1 Å². The molecule has 0 aliphatic carbocycles. The fraction of sp³-hybridized carbons (Fsp3) is 0.533. The Morgan fingerprint density at radius 1 is 1.47 bits per heavy atom. The molecule has 3 nitrogen and oxygen atoms in total. The number of halogens is 1. The zero-order valence-electron chi connectivity index (χ0n) is 11.2. The molecule has 0 radical (unpaired) electrons. The summed E-state index contributed by atoms with van der Waals surface area (Å²) in [6, 6.07) is 6.82. The lowest BCUT2D eigenvalue weighted by molar-refractivity contribution is -0.143. The average Bonchev–Trinajstić information content (AvgIpc) is 2.41. The van der Waals surface area contributed by atoms with Crippen LogP contribution >= 0.6 is 0 Å². The third kappa shape index (κ3) is 3.77. The monoisotopic (exact) mass is 265 g/mol. The highest BCUT2D eigenvalue weighted by atomic mass is 19.1. The second-order valence-electron chi connectivity index (χ2n) is 5.35. The average molecular weight is 265 g/mol. The summed E-state index contributed by atoms with van der Waals surface area (Å²) in [5, 5.41) is 9.09. The first-order valence-electron chi connectivity index (χ1n) is 6.77. The van der Waals surface area contributed by atoms with E-state index in [0.29, 0.717) is 6.54 Å². The largest absolute Gasteiger partial charge is 0.481 e. The van der Waals surface area contributed by atoms with E-state index in [-0.39, 0.29) is 17.8 Å². The van der Waals surface area contributed by atoms with Crippen LogP contribution in [-0.2, 0) is 11.2 Å². The van der Waals surface area contributed by atoms with Crippen molar-refractivity contribution >= 4 is 5.97 Å². The maximum absolute atomic E-state index is 12.8. The van der Waals surface area contributed by atoms with E-state index in [9.17, 15) is 9.18 Å². The molecule has 0 saturated carbocycles. The molecule has 0 aromatic heterocycles. The molecule has 104 valence electrons. The number of aliphatic carboxylic acids is 1. The molecule has 1 aliphatic rings. The van der Waals surface area contributed by atoms with Gasteiger partial charge in [0.2, 0.25) is 0 Å². The molecule has 0 amide bonds. The number of likely N-dealkylation sites (tertiary alicyclic amines) is 1. The molecule has 2 rings (SSSR count). The molecule has 1 saturated heterocycles. The Balaban J connectivity index is 1.93. The number of carbonyl (C=O) groups is 1. The molecule has 4 heteroatoms. The molecule has 19 heavy (non-hydrogen) atoms. The Bertz CT molecular complexity index is 432. The van der Waals surface area contributed by atoms with Crippen molar-refractivity contribution in [2.75, 3.05) is 13.1 Å². The number of piperidine rings is 1. The first kappa shape index (κ1) is 14.0. The summed E-state index contributed by atoms with van der Waals surface area (Å²) in [6.07, 6.45) is 2.53. The SMILES string of the molecule is CC(Cc1ccc(F)cc1)N1CCCC(C(=O)O)C1. The van der Waals surface area contributed by atoms with Gasteiger partial charge in [0.05, 0.1) is 5.92 Å². The van der Waals surface area contributed by atoms with Crippen LogP contribution in [0.15, 0.2) is 24.3 Å². The summed E-state index contributed by atoms with van der Waals surface area (Å²) in [7, 11) is 0. The zero-order valence-corrected chi connectivity index (χ0v) is 11.2. The molecule has 2 atom stereocenters. The van der Waals surface area contributed by atoms with Gasteiger partial charge >= 0.3 is 5.97 Å². The van der Waals surface area contributed by atoms with Gasteiger partial charge in [-0.05, 0) is 50.4 Å². The molecule has 2 unspecified atom stereocenters. The molecule has 1 fully saturated rings. The zero-order chi connectivity index (χ0) is 13.8. The van der Waals surface area contributed by atoms with Gasteiger partial charge in [-0.15, -0.1) is 0 Å². The molecule has 1 N–H and O–H groups in total. The smallest absolute Gasteiger partial charge is 0.307 e. The van der Waals surface area contributed by atoms with Gasteiger partial charge in [-0.3, -0.25) is 9.69 Å². The molecule has 0 spiro atoms. The van der Waals surface area contributed by atoms with Crippen LogP contribution in [0.4, 0.5) is 4.39 Å². The van der Waals surface area contributed by atoms with Crippen LogP contribution in [0.3, 0.4) is 0 Å². The topological polar surface area (TPSA) is 40.5 Å². The van der Waals surface area contributed by atoms with E-state index in [1.165, 1.54) is 12.1 Å². The van der Waals surface area contributed by atoms with Gasteiger partial charge in [0.1, 0.15) is 5.82 Å². The Kier molecular flexibility index (Phi) is 4.53. The van der Waals surface area contributed by atoms with Crippen LogP contribution in [0, 0.1) is 11.7 Å². The van der Waals surface area contributed by atoms with E-state index in [4.69, 9.17) is 5.11 Å². The van der Waals surface area contributed by atoms with Crippen LogP contribution in [0.1, 0.15) is 25.3 Å². The van der Waals surface area contributed by atoms with Crippen LogP contribution in [-0.4, -0.2) is 35.1 Å². The van der Waals surface area contributed by atoms with E-state index >= 15 is 0 Å². The van der Waals surface area contributed by atoms with Gasteiger partial charge in [-0.25, -0.2) is 4.39 Å². The number of nitrogens with zero attached hydrogens (tertiary/aromatic N) is 1. The van der Waals surface area contributed by atoms with Crippen molar-refractivity contribution in [1.82, 2.24) is 4.90 Å². The minimum Gasteiger partial charge on any atom is -0.481 e. The van der Waals surface area contributed by atoms with Crippen molar-refractivity contribution < 1.29 is 14.3 Å². The lowest BCUT2D eigenvalue weighted by Gasteiger charge is -2.35.